The molecule has 36 heavy (non-hydrogen) atoms. The molecule has 7 rings (SSSR count). The molecule has 1 amide bonds. The summed E-state index contributed by atoms with van der Waals surface area (Å²) in [5.41, 5.74) is 7.64. The highest BCUT2D eigenvalue weighted by molar-refractivity contribution is 6.07. The Morgan fingerprint density at radius 2 is 2.06 bits per heavy atom. The molecule has 0 bridgehead atoms. The Kier molecular flexibility index (Phi) is 4.93. The van der Waals surface area contributed by atoms with E-state index in [1.54, 1.807) is 0 Å². The zero-order valence-corrected chi connectivity index (χ0v) is 20.0. The molecule has 3 aliphatic heterocycles. The molecule has 9 nitrogen and oxygen atoms in total. The Hall–Kier alpha value is -3.95. The number of carbonyl (C=O) groups excluding carboxylic acids is 1. The third-order valence-electron chi connectivity index (χ3n) is 7.45. The monoisotopic (exact) mass is 481 g/mol. The van der Waals surface area contributed by atoms with Crippen molar-refractivity contribution < 1.29 is 9.53 Å². The van der Waals surface area contributed by atoms with E-state index in [1.807, 2.05) is 42.2 Å². The Bertz CT molecular complexity index is 1510. The predicted molar refractivity (Wildman–Crippen MR) is 138 cm³/mol. The number of hydrogen-bond donors (Lipinski definition) is 3. The number of anilines is 3. The Balaban J connectivity index is 1.26. The molecule has 182 valence electrons. The summed E-state index contributed by atoms with van der Waals surface area (Å²) in [7, 11) is 1.99. The van der Waals surface area contributed by atoms with Crippen molar-refractivity contribution in [3.63, 3.8) is 0 Å². The van der Waals surface area contributed by atoms with Gasteiger partial charge < -0.3 is 30.2 Å². The quantitative estimate of drug-likeness (QED) is 0.414. The maximum absolute atomic E-state index is 12.9. The van der Waals surface area contributed by atoms with Gasteiger partial charge in [0.2, 0.25) is 0 Å². The molecule has 0 unspecified atom stereocenters. The number of morpholine rings is 1. The zero-order valence-electron chi connectivity index (χ0n) is 20.0. The maximum atomic E-state index is 12.9. The number of fused-ring (bicyclic) bond motifs is 5. The summed E-state index contributed by atoms with van der Waals surface area (Å²) in [6.45, 7) is 4.40. The first-order valence-corrected chi connectivity index (χ1v) is 12.3. The molecule has 0 spiro atoms. The lowest BCUT2D eigenvalue weighted by Gasteiger charge is -2.36. The fraction of sp³-hybridized carbons (Fsp3) is 0.296. The standard InChI is InChI=1S/C27H27N7O2/c1-33-9-7-19-18(6-8-29-26(19)33)17-2-3-21(25-20(17)13-30-27(25)35)31-24-5-4-23-22(32-24)14-28-12-16-15-36-11-10-34(16)23/h2-9,16,28H,10-15H2,1H3,(H,30,35)(H,31,32)/t16-/m1/s1. The molecule has 9 heteroatoms. The number of benzene rings is 1. The zero-order chi connectivity index (χ0) is 24.2. The van der Waals surface area contributed by atoms with Crippen LogP contribution in [-0.2, 0) is 24.9 Å². The molecule has 4 aromatic rings. The molecule has 0 radical (unpaired) electrons. The Labute approximate surface area is 208 Å². The van der Waals surface area contributed by atoms with E-state index in [9.17, 15) is 4.79 Å². The van der Waals surface area contributed by atoms with Gasteiger partial charge in [0.15, 0.2) is 0 Å². The van der Waals surface area contributed by atoms with Gasteiger partial charge in [-0.3, -0.25) is 4.79 Å². The molecule has 3 aromatic heterocycles. The second-order valence-corrected chi connectivity index (χ2v) is 9.56. The van der Waals surface area contributed by atoms with Gasteiger partial charge in [-0.2, -0.15) is 0 Å². The second-order valence-electron chi connectivity index (χ2n) is 9.56. The Morgan fingerprint density at radius 1 is 1.11 bits per heavy atom. The summed E-state index contributed by atoms with van der Waals surface area (Å²) >= 11 is 0. The average Bonchev–Trinajstić information content (AvgIpc) is 3.42. The van der Waals surface area contributed by atoms with Crippen LogP contribution in [0.15, 0.2) is 48.8 Å². The minimum atomic E-state index is -0.0692. The van der Waals surface area contributed by atoms with Crippen LogP contribution in [0.2, 0.25) is 0 Å². The van der Waals surface area contributed by atoms with E-state index in [4.69, 9.17) is 9.72 Å². The van der Waals surface area contributed by atoms with Crippen molar-refractivity contribution in [3.8, 4) is 11.1 Å². The van der Waals surface area contributed by atoms with E-state index >= 15 is 0 Å². The lowest BCUT2D eigenvalue weighted by molar-refractivity contribution is 0.0946. The lowest BCUT2D eigenvalue weighted by Crippen LogP contribution is -2.49. The van der Waals surface area contributed by atoms with E-state index in [-0.39, 0.29) is 5.91 Å². The van der Waals surface area contributed by atoms with Crippen LogP contribution in [0.1, 0.15) is 21.6 Å². The number of nitrogens with one attached hydrogen (secondary N) is 3. The molecule has 0 aliphatic carbocycles. The van der Waals surface area contributed by atoms with Gasteiger partial charge in [-0.05, 0) is 47.0 Å². The number of nitrogens with zero attached hydrogens (tertiary/aromatic N) is 4. The van der Waals surface area contributed by atoms with Crippen molar-refractivity contribution in [2.24, 2.45) is 7.05 Å². The molecule has 1 fully saturated rings. The number of pyridine rings is 2. The summed E-state index contributed by atoms with van der Waals surface area (Å²) in [5.74, 6) is 0.659. The SMILES string of the molecule is Cn1ccc2c(-c3ccc(Nc4ccc5c(n4)CNC[C@@H]4COCCN54)c4c3CNC4=O)ccnc21. The first-order chi connectivity index (χ1) is 17.7. The number of carbonyl (C=O) groups is 1. The van der Waals surface area contributed by atoms with E-state index in [0.29, 0.717) is 24.7 Å². The molecule has 6 heterocycles. The maximum Gasteiger partial charge on any atom is 0.254 e. The number of hydrogen-bond acceptors (Lipinski definition) is 7. The van der Waals surface area contributed by atoms with Crippen molar-refractivity contribution in [2.75, 3.05) is 36.5 Å². The van der Waals surface area contributed by atoms with Crippen LogP contribution in [0.5, 0.6) is 0 Å². The van der Waals surface area contributed by atoms with E-state index in [2.05, 4.69) is 44.0 Å². The lowest BCUT2D eigenvalue weighted by atomic mass is 9.94. The topological polar surface area (TPSA) is 96.3 Å². The molecule has 3 N–H and O–H groups in total. The minimum Gasteiger partial charge on any atom is -0.377 e. The summed E-state index contributed by atoms with van der Waals surface area (Å²) in [6.07, 6.45) is 3.84. The van der Waals surface area contributed by atoms with Gasteiger partial charge in [0.1, 0.15) is 11.5 Å². The number of aryl methyl sites for hydroxylation is 1. The van der Waals surface area contributed by atoms with Crippen molar-refractivity contribution in [1.82, 2.24) is 25.2 Å². The van der Waals surface area contributed by atoms with E-state index < -0.39 is 0 Å². The van der Waals surface area contributed by atoms with Gasteiger partial charge in [0.05, 0.1) is 41.9 Å². The number of ether oxygens (including phenoxy) is 1. The van der Waals surface area contributed by atoms with E-state index in [0.717, 1.165) is 76.9 Å². The summed E-state index contributed by atoms with van der Waals surface area (Å²) in [6, 6.07) is 12.6. The molecule has 0 saturated carbocycles. The summed E-state index contributed by atoms with van der Waals surface area (Å²) in [5, 5.41) is 11.0. The number of amides is 1. The summed E-state index contributed by atoms with van der Waals surface area (Å²) in [4.78, 5) is 24.8. The second kappa shape index (κ2) is 8.32. The van der Waals surface area contributed by atoms with Gasteiger partial charge >= 0.3 is 0 Å². The summed E-state index contributed by atoms with van der Waals surface area (Å²) < 4.78 is 7.68. The molecular weight excluding hydrogens is 454 g/mol. The third kappa shape index (κ3) is 3.35. The first kappa shape index (κ1) is 21.3. The van der Waals surface area contributed by atoms with Crippen molar-refractivity contribution in [3.05, 3.63) is 65.6 Å². The van der Waals surface area contributed by atoms with Gasteiger partial charge in [-0.1, -0.05) is 6.07 Å². The highest BCUT2D eigenvalue weighted by Crippen LogP contribution is 2.38. The number of rotatable bonds is 3. The molecule has 1 aromatic carbocycles. The van der Waals surface area contributed by atoms with Crippen LogP contribution in [0, 0.1) is 0 Å². The van der Waals surface area contributed by atoms with Crippen LogP contribution >= 0.6 is 0 Å². The van der Waals surface area contributed by atoms with Gasteiger partial charge in [-0.25, -0.2) is 9.97 Å². The highest BCUT2D eigenvalue weighted by Gasteiger charge is 2.29. The van der Waals surface area contributed by atoms with Gasteiger partial charge in [-0.15, -0.1) is 0 Å². The number of aromatic nitrogens is 3. The van der Waals surface area contributed by atoms with Gasteiger partial charge in [0.25, 0.3) is 5.91 Å². The highest BCUT2D eigenvalue weighted by atomic mass is 16.5. The fourth-order valence-corrected chi connectivity index (χ4v) is 5.70. The van der Waals surface area contributed by atoms with Crippen LogP contribution in [0.4, 0.5) is 17.2 Å². The predicted octanol–water partition coefficient (Wildman–Crippen LogP) is 2.93. The third-order valence-corrected chi connectivity index (χ3v) is 7.45. The van der Waals surface area contributed by atoms with Gasteiger partial charge in [0, 0.05) is 51.0 Å². The van der Waals surface area contributed by atoms with Crippen molar-refractivity contribution >= 4 is 34.1 Å². The first-order valence-electron chi connectivity index (χ1n) is 12.3. The average molecular weight is 482 g/mol. The molecule has 1 saturated heterocycles. The Morgan fingerprint density at radius 3 is 3.00 bits per heavy atom. The van der Waals surface area contributed by atoms with E-state index in [1.165, 1.54) is 0 Å². The van der Waals surface area contributed by atoms with Crippen LogP contribution in [0.25, 0.3) is 22.2 Å². The fourth-order valence-electron chi connectivity index (χ4n) is 5.70. The van der Waals surface area contributed by atoms with Crippen molar-refractivity contribution in [2.45, 2.75) is 19.1 Å². The smallest absolute Gasteiger partial charge is 0.254 e. The molecule has 1 atom stereocenters. The van der Waals surface area contributed by atoms with Crippen LogP contribution < -0.4 is 20.9 Å². The van der Waals surface area contributed by atoms with Crippen LogP contribution in [0.3, 0.4) is 0 Å². The normalized spacial score (nSPS) is 18.9. The molecular formula is C27H27N7O2. The molecule has 3 aliphatic rings. The minimum absolute atomic E-state index is 0.0692. The van der Waals surface area contributed by atoms with Crippen molar-refractivity contribution in [1.29, 1.82) is 0 Å². The largest absolute Gasteiger partial charge is 0.377 e. The van der Waals surface area contributed by atoms with Crippen LogP contribution in [-0.4, -0.2) is 52.8 Å².